The van der Waals surface area contributed by atoms with E-state index in [0.29, 0.717) is 86.2 Å². The molecule has 17 nitrogen and oxygen atoms in total. The zero-order valence-corrected chi connectivity index (χ0v) is 38.0. The second-order valence-electron chi connectivity index (χ2n) is 18.3. The third-order valence-corrected chi connectivity index (χ3v) is 13.1. The number of quaternary nitrogens is 1. The first-order valence-corrected chi connectivity index (χ1v) is 23.1. The number of benzene rings is 2. The Hall–Kier alpha value is -5.31. The lowest BCUT2D eigenvalue weighted by atomic mass is 9.81. The van der Waals surface area contributed by atoms with Crippen molar-refractivity contribution in [3.8, 4) is 17.2 Å². The number of aliphatic carboxylic acids is 1. The van der Waals surface area contributed by atoms with Gasteiger partial charge < -0.3 is 46.5 Å². The van der Waals surface area contributed by atoms with Crippen LogP contribution in [-0.4, -0.2) is 138 Å². The molecule has 3 amide bonds. The predicted octanol–water partition coefficient (Wildman–Crippen LogP) is 3.02. The highest BCUT2D eigenvalue weighted by Gasteiger charge is 2.40. The van der Waals surface area contributed by atoms with Crippen molar-refractivity contribution in [3.05, 3.63) is 65.0 Å². The van der Waals surface area contributed by atoms with Crippen LogP contribution in [0.4, 0.5) is 13.2 Å². The number of fused-ring (bicyclic) bond motifs is 1. The third-order valence-electron chi connectivity index (χ3n) is 13.1. The number of carboxylic acid groups (broad SMARTS) is 1. The number of carboxylic acids is 1. The number of ether oxygens (including phenoxy) is 2. The number of rotatable bonds is 24. The maximum Gasteiger partial charge on any atom is 0.573 e. The van der Waals surface area contributed by atoms with Gasteiger partial charge in [0.15, 0.2) is 0 Å². The number of amides is 3. The Kier molecular flexibility index (Phi) is 17.4. The predicted molar refractivity (Wildman–Crippen MR) is 238 cm³/mol. The van der Waals surface area contributed by atoms with Gasteiger partial charge in [-0.05, 0) is 105 Å². The van der Waals surface area contributed by atoms with Crippen molar-refractivity contribution in [2.45, 2.75) is 89.6 Å². The van der Waals surface area contributed by atoms with E-state index in [1.54, 1.807) is 19.2 Å². The van der Waals surface area contributed by atoms with Crippen LogP contribution in [0.2, 0.25) is 0 Å². The number of piperidine rings is 1. The summed E-state index contributed by atoms with van der Waals surface area (Å²) in [6.45, 7) is 6.20. The zero-order valence-electron chi connectivity index (χ0n) is 38.0. The van der Waals surface area contributed by atoms with Crippen LogP contribution in [0.1, 0.15) is 80.2 Å². The van der Waals surface area contributed by atoms with Crippen LogP contribution < -0.4 is 36.9 Å². The molecular formula is C46H66F3N10O7+. The van der Waals surface area contributed by atoms with Crippen molar-refractivity contribution >= 4 is 23.7 Å². The van der Waals surface area contributed by atoms with E-state index in [-0.39, 0.29) is 73.8 Å². The maximum atomic E-state index is 13.6. The first-order valence-electron chi connectivity index (χ1n) is 23.1. The Morgan fingerprint density at radius 1 is 0.909 bits per heavy atom. The summed E-state index contributed by atoms with van der Waals surface area (Å²) in [6.07, 6.45) is 2.34. The van der Waals surface area contributed by atoms with Gasteiger partial charge in [-0.15, -0.1) is 18.3 Å². The van der Waals surface area contributed by atoms with E-state index in [2.05, 4.69) is 48.0 Å². The highest BCUT2D eigenvalue weighted by molar-refractivity contribution is 5.78. The molecule has 3 atom stereocenters. The summed E-state index contributed by atoms with van der Waals surface area (Å²) in [4.78, 5) is 51.7. The molecule has 2 aliphatic heterocycles. The molecule has 362 valence electrons. The van der Waals surface area contributed by atoms with E-state index in [0.717, 1.165) is 55.4 Å². The van der Waals surface area contributed by atoms with Crippen LogP contribution in [0.5, 0.6) is 11.5 Å². The first kappa shape index (κ1) is 50.1. The fourth-order valence-corrected chi connectivity index (χ4v) is 9.18. The van der Waals surface area contributed by atoms with Crippen molar-refractivity contribution in [1.29, 1.82) is 0 Å². The van der Waals surface area contributed by atoms with Gasteiger partial charge in [0.05, 0.1) is 76.0 Å². The molecule has 2 aromatic carbocycles. The minimum absolute atomic E-state index is 0.0145. The summed E-state index contributed by atoms with van der Waals surface area (Å²) in [7, 11) is 1.92. The quantitative estimate of drug-likeness (QED) is 0.0713. The topological polar surface area (TPSA) is 229 Å². The third kappa shape index (κ3) is 14.6. The molecule has 0 bridgehead atoms. The van der Waals surface area contributed by atoms with Crippen molar-refractivity contribution in [2.75, 3.05) is 72.5 Å². The van der Waals surface area contributed by atoms with Crippen LogP contribution in [-0.2, 0) is 38.6 Å². The zero-order chi connectivity index (χ0) is 47.4. The minimum atomic E-state index is -4.90. The number of carbonyl (C=O) groups excluding carboxylic acids is 3. The number of nitrogens with zero attached hydrogens (tertiary/aromatic N) is 5. The van der Waals surface area contributed by atoms with Crippen LogP contribution in [0, 0.1) is 17.8 Å². The lowest BCUT2D eigenvalue weighted by Gasteiger charge is -2.38. The number of nitrogens with one attached hydrogen (secondary N) is 3. The van der Waals surface area contributed by atoms with Crippen LogP contribution in [0.25, 0.3) is 5.69 Å². The van der Waals surface area contributed by atoms with Gasteiger partial charge >= 0.3 is 12.3 Å². The molecule has 1 saturated heterocycles. The SMILES string of the molecule is C[C@H](C(=O)O)[C@H](c1ccc2c(c1)O[C@@H](C1CCN(Cc3cc(-n4cc(CC(=O)NCC[N+](C)(CCC(=O)NCCN)CCC(=O)NCCN)nn4)ccc3OC(F)(F)F)CC1)CC2)C1CC1. The molecule has 0 spiro atoms. The summed E-state index contributed by atoms with van der Waals surface area (Å²) in [6, 6.07) is 10.5. The number of carbonyl (C=O) groups is 4. The van der Waals surface area contributed by atoms with E-state index >= 15 is 0 Å². The second kappa shape index (κ2) is 22.9. The second-order valence-corrected chi connectivity index (χ2v) is 18.3. The molecule has 1 saturated carbocycles. The number of aromatic nitrogens is 3. The molecule has 1 aromatic heterocycles. The lowest BCUT2D eigenvalue weighted by Crippen LogP contribution is -2.52. The summed E-state index contributed by atoms with van der Waals surface area (Å²) >= 11 is 0. The standard InChI is InChI=1S/C46H65F3N10O7/c1-30(45(63)64)44(33-4-5-33)34-6-3-31-7-9-38(65-40(31)26-34)32-11-20-57(21-12-32)28-35-25-37(8-10-39(35)66-46(47,48)49)58-29-36(55-56-58)27-43(62)54-19-24-59(2,22-13-41(60)52-17-15-50)23-14-42(61)53-18-16-51/h3,6,8,10,25-26,29-30,32-33,38,44H,4-5,7,9,11-24,27-28,50-51H2,1-2H3,(H3-,52,53,54,60,61,62,63,64)/p+1/t30-,38+,44-/m0/s1. The van der Waals surface area contributed by atoms with Crippen LogP contribution in [0.3, 0.4) is 0 Å². The number of nitrogens with two attached hydrogens (primary N) is 2. The molecule has 0 radical (unpaired) electrons. The highest BCUT2D eigenvalue weighted by Crippen LogP contribution is 2.48. The van der Waals surface area contributed by atoms with Crippen molar-refractivity contribution in [3.63, 3.8) is 0 Å². The average molecular weight is 928 g/mol. The van der Waals surface area contributed by atoms with E-state index < -0.39 is 18.2 Å². The number of hydrogen-bond acceptors (Lipinski definition) is 11. The molecule has 20 heteroatoms. The molecule has 1 aliphatic carbocycles. The lowest BCUT2D eigenvalue weighted by molar-refractivity contribution is -0.907. The van der Waals surface area contributed by atoms with Gasteiger partial charge in [-0.25, -0.2) is 4.68 Å². The van der Waals surface area contributed by atoms with Crippen LogP contribution in [0.15, 0.2) is 42.6 Å². The Balaban J connectivity index is 1.03. The van der Waals surface area contributed by atoms with Gasteiger partial charge in [0, 0.05) is 38.3 Å². The number of alkyl halides is 3. The smallest absolute Gasteiger partial charge is 0.490 e. The van der Waals surface area contributed by atoms with Gasteiger partial charge in [0.2, 0.25) is 17.7 Å². The highest BCUT2D eigenvalue weighted by atomic mass is 19.4. The number of aryl methyl sites for hydroxylation is 1. The van der Waals surface area contributed by atoms with Crippen molar-refractivity contribution < 1.29 is 51.4 Å². The summed E-state index contributed by atoms with van der Waals surface area (Å²) in [5.74, 6) is -0.829. The number of likely N-dealkylation sites (N-methyl/N-ethyl adjacent to an activating group) is 1. The Morgan fingerprint density at radius 3 is 2.20 bits per heavy atom. The largest absolute Gasteiger partial charge is 0.573 e. The maximum absolute atomic E-state index is 13.6. The van der Waals surface area contributed by atoms with Gasteiger partial charge in [-0.3, -0.25) is 24.1 Å². The van der Waals surface area contributed by atoms with Gasteiger partial charge in [-0.1, -0.05) is 24.3 Å². The van der Waals surface area contributed by atoms with E-state index in [4.69, 9.17) is 16.2 Å². The van der Waals surface area contributed by atoms with E-state index in [1.165, 1.54) is 16.8 Å². The fourth-order valence-electron chi connectivity index (χ4n) is 9.18. The summed E-state index contributed by atoms with van der Waals surface area (Å²) in [5.41, 5.74) is 14.3. The Morgan fingerprint density at radius 2 is 1.58 bits per heavy atom. The molecule has 8 N–H and O–H groups in total. The van der Waals surface area contributed by atoms with Crippen molar-refractivity contribution in [2.24, 2.45) is 29.2 Å². The first-order chi connectivity index (χ1) is 31.5. The molecule has 6 rings (SSSR count). The number of hydrogen-bond donors (Lipinski definition) is 6. The summed E-state index contributed by atoms with van der Waals surface area (Å²) in [5, 5.41) is 26.5. The average Bonchev–Trinajstić information content (AvgIpc) is 4.02. The minimum Gasteiger partial charge on any atom is -0.490 e. The molecule has 3 aliphatic rings. The number of halogens is 3. The molecule has 3 aromatic rings. The van der Waals surface area contributed by atoms with Crippen molar-refractivity contribution in [1.82, 2.24) is 35.8 Å². The molecule has 0 unspecified atom stereocenters. The monoisotopic (exact) mass is 928 g/mol. The molecule has 66 heavy (non-hydrogen) atoms. The van der Waals surface area contributed by atoms with Gasteiger partial charge in [-0.2, -0.15) is 0 Å². The van der Waals surface area contributed by atoms with Gasteiger partial charge in [0.1, 0.15) is 17.6 Å². The van der Waals surface area contributed by atoms with E-state index in [1.807, 2.05) is 13.1 Å². The Labute approximate surface area is 383 Å². The normalized spacial score (nSPS) is 17.8. The fraction of sp³-hybridized carbons (Fsp3) is 0.609. The molecule has 3 heterocycles. The molecule has 2 fully saturated rings. The number of likely N-dealkylation sites (tertiary alicyclic amines) is 1. The van der Waals surface area contributed by atoms with Crippen LogP contribution >= 0.6 is 0 Å². The summed E-state index contributed by atoms with van der Waals surface area (Å²) < 4.78 is 53.6. The van der Waals surface area contributed by atoms with E-state index in [9.17, 15) is 37.5 Å². The Bertz CT molecular complexity index is 2100. The van der Waals surface area contributed by atoms with Gasteiger partial charge in [0.25, 0.3) is 0 Å². The molecular weight excluding hydrogens is 862 g/mol.